The summed E-state index contributed by atoms with van der Waals surface area (Å²) in [6.07, 6.45) is 4.20. The summed E-state index contributed by atoms with van der Waals surface area (Å²) in [6, 6.07) is 7.31. The van der Waals surface area contributed by atoms with Crippen molar-refractivity contribution in [2.24, 2.45) is 0 Å². The number of nitrogens with zero attached hydrogens (tertiary/aromatic N) is 2. The Balaban J connectivity index is 1.85. The van der Waals surface area contributed by atoms with Crippen LogP contribution < -0.4 is 10.6 Å². The van der Waals surface area contributed by atoms with Crippen molar-refractivity contribution in [3.8, 4) is 0 Å². The Morgan fingerprint density at radius 3 is 2.48 bits per heavy atom. The molecule has 1 aromatic rings. The molecule has 146 valence electrons. The van der Waals surface area contributed by atoms with Crippen LogP contribution in [0.2, 0.25) is 0 Å². The Bertz CT molecular complexity index is 685. The second-order valence-corrected chi connectivity index (χ2v) is 6.55. The molecule has 2 rings (SSSR count). The third kappa shape index (κ3) is 7.22. The van der Waals surface area contributed by atoms with Crippen molar-refractivity contribution in [3.63, 3.8) is 0 Å². The lowest BCUT2D eigenvalue weighted by Crippen LogP contribution is -2.39. The van der Waals surface area contributed by atoms with Crippen LogP contribution in [-0.2, 0) is 14.4 Å². The average Bonchev–Trinajstić information content (AvgIpc) is 2.86. The number of benzene rings is 1. The highest BCUT2D eigenvalue weighted by Crippen LogP contribution is 2.11. The number of rotatable bonds is 6. The largest absolute Gasteiger partial charge is 0.355 e. The Kier molecular flexibility index (Phi) is 8.00. The smallest absolute Gasteiger partial charge is 0.246 e. The van der Waals surface area contributed by atoms with Gasteiger partial charge in [-0.15, -0.1) is 0 Å². The molecule has 7 heteroatoms. The second-order valence-electron chi connectivity index (χ2n) is 6.55. The predicted octanol–water partition coefficient (Wildman–Crippen LogP) is 1.33. The molecule has 7 nitrogen and oxygen atoms in total. The van der Waals surface area contributed by atoms with Crippen LogP contribution in [-0.4, -0.2) is 66.8 Å². The van der Waals surface area contributed by atoms with E-state index in [1.54, 1.807) is 24.3 Å². The van der Waals surface area contributed by atoms with Crippen LogP contribution in [0.4, 0.5) is 5.69 Å². The minimum absolute atomic E-state index is 0.0270. The molecule has 0 spiro atoms. The molecule has 0 radical (unpaired) electrons. The highest BCUT2D eigenvalue weighted by Gasteiger charge is 2.18. The van der Waals surface area contributed by atoms with Gasteiger partial charge in [0.15, 0.2) is 0 Å². The van der Waals surface area contributed by atoms with Crippen LogP contribution in [0.15, 0.2) is 30.3 Å². The number of hydrogen-bond donors (Lipinski definition) is 2. The minimum Gasteiger partial charge on any atom is -0.355 e. The summed E-state index contributed by atoms with van der Waals surface area (Å²) < 4.78 is 0. The number of likely N-dealkylation sites (N-methyl/N-ethyl adjacent to an activating group) is 1. The van der Waals surface area contributed by atoms with E-state index in [4.69, 9.17) is 0 Å². The van der Waals surface area contributed by atoms with Crippen molar-refractivity contribution < 1.29 is 14.4 Å². The third-order valence-electron chi connectivity index (χ3n) is 4.29. The molecule has 1 aromatic carbocycles. The molecule has 1 heterocycles. The van der Waals surface area contributed by atoms with Gasteiger partial charge < -0.3 is 15.5 Å². The monoisotopic (exact) mass is 372 g/mol. The van der Waals surface area contributed by atoms with Crippen LogP contribution in [0.3, 0.4) is 0 Å². The number of amides is 3. The molecule has 27 heavy (non-hydrogen) atoms. The van der Waals surface area contributed by atoms with E-state index in [0.717, 1.165) is 24.2 Å². The zero-order valence-corrected chi connectivity index (χ0v) is 16.0. The molecule has 0 bridgehead atoms. The molecular weight excluding hydrogens is 344 g/mol. The Labute approximate surface area is 160 Å². The van der Waals surface area contributed by atoms with E-state index in [-0.39, 0.29) is 17.7 Å². The van der Waals surface area contributed by atoms with Crippen molar-refractivity contribution in [1.29, 1.82) is 0 Å². The van der Waals surface area contributed by atoms with E-state index in [1.165, 1.54) is 6.92 Å². The number of carbonyl (C=O) groups excluding carboxylic acids is 3. The Hall–Kier alpha value is -2.67. The fraction of sp³-hybridized carbons (Fsp3) is 0.450. The van der Waals surface area contributed by atoms with Gasteiger partial charge in [-0.3, -0.25) is 19.3 Å². The van der Waals surface area contributed by atoms with Crippen molar-refractivity contribution >= 4 is 29.5 Å². The van der Waals surface area contributed by atoms with Crippen LogP contribution >= 0.6 is 0 Å². The van der Waals surface area contributed by atoms with Crippen molar-refractivity contribution in [2.75, 3.05) is 44.6 Å². The molecular formula is C20H28N4O3. The summed E-state index contributed by atoms with van der Waals surface area (Å²) in [7, 11) is 0. The quantitative estimate of drug-likeness (QED) is 0.738. The minimum atomic E-state index is -0.115. The zero-order chi connectivity index (χ0) is 19.6. The molecule has 1 fully saturated rings. The lowest BCUT2D eigenvalue weighted by molar-refractivity contribution is -0.125. The van der Waals surface area contributed by atoms with E-state index in [9.17, 15) is 14.4 Å². The maximum Gasteiger partial charge on any atom is 0.246 e. The number of hydrogen-bond acceptors (Lipinski definition) is 4. The molecule has 1 aliphatic rings. The van der Waals surface area contributed by atoms with E-state index in [1.807, 2.05) is 24.0 Å². The summed E-state index contributed by atoms with van der Waals surface area (Å²) in [4.78, 5) is 39.1. The van der Waals surface area contributed by atoms with E-state index < -0.39 is 0 Å². The normalized spacial score (nSPS) is 15.4. The lowest BCUT2D eigenvalue weighted by atomic mass is 10.2. The van der Waals surface area contributed by atoms with Gasteiger partial charge in [-0.1, -0.05) is 12.1 Å². The summed E-state index contributed by atoms with van der Waals surface area (Å²) in [5, 5.41) is 5.51. The molecule has 1 saturated heterocycles. The first-order valence-corrected chi connectivity index (χ1v) is 9.31. The molecule has 0 aromatic heterocycles. The van der Waals surface area contributed by atoms with Gasteiger partial charge in [-0.05, 0) is 37.1 Å². The molecule has 0 unspecified atom stereocenters. The van der Waals surface area contributed by atoms with Gasteiger partial charge in [0.2, 0.25) is 17.7 Å². The van der Waals surface area contributed by atoms with Crippen molar-refractivity contribution in [1.82, 2.24) is 15.1 Å². The summed E-state index contributed by atoms with van der Waals surface area (Å²) in [5.41, 5.74) is 1.62. The van der Waals surface area contributed by atoms with Gasteiger partial charge in [0.05, 0.1) is 6.54 Å². The van der Waals surface area contributed by atoms with E-state index in [2.05, 4.69) is 15.5 Å². The molecule has 0 atom stereocenters. The third-order valence-corrected chi connectivity index (χ3v) is 4.29. The second kappa shape index (κ2) is 10.5. The number of anilines is 1. The van der Waals surface area contributed by atoms with Gasteiger partial charge in [-0.2, -0.15) is 0 Å². The predicted molar refractivity (Wildman–Crippen MR) is 106 cm³/mol. The molecule has 0 aliphatic carbocycles. The number of carbonyl (C=O) groups is 3. The van der Waals surface area contributed by atoms with Gasteiger partial charge >= 0.3 is 0 Å². The first kappa shape index (κ1) is 20.6. The molecule has 1 aliphatic heterocycles. The molecule has 3 amide bonds. The van der Waals surface area contributed by atoms with Crippen molar-refractivity contribution in [3.05, 3.63) is 35.9 Å². The van der Waals surface area contributed by atoms with Crippen LogP contribution in [0.25, 0.3) is 6.08 Å². The van der Waals surface area contributed by atoms with Crippen LogP contribution in [0.5, 0.6) is 0 Å². The maximum absolute atomic E-state index is 12.5. The summed E-state index contributed by atoms with van der Waals surface area (Å²) in [6.45, 7) is 7.20. The van der Waals surface area contributed by atoms with E-state index >= 15 is 0 Å². The lowest BCUT2D eigenvalue weighted by Gasteiger charge is -2.20. The fourth-order valence-electron chi connectivity index (χ4n) is 2.96. The van der Waals surface area contributed by atoms with Crippen LogP contribution in [0, 0.1) is 0 Å². The molecule has 0 saturated carbocycles. The highest BCUT2D eigenvalue weighted by atomic mass is 16.2. The molecule has 2 N–H and O–H groups in total. The summed E-state index contributed by atoms with van der Waals surface area (Å²) in [5.74, 6) is -0.114. The first-order valence-electron chi connectivity index (χ1n) is 9.31. The van der Waals surface area contributed by atoms with Gasteiger partial charge in [0, 0.05) is 51.4 Å². The zero-order valence-electron chi connectivity index (χ0n) is 16.0. The maximum atomic E-state index is 12.5. The van der Waals surface area contributed by atoms with Crippen LogP contribution in [0.1, 0.15) is 25.8 Å². The number of nitrogens with one attached hydrogen (secondary N) is 2. The van der Waals surface area contributed by atoms with Gasteiger partial charge in [-0.25, -0.2) is 0 Å². The Morgan fingerprint density at radius 2 is 1.81 bits per heavy atom. The first-order chi connectivity index (χ1) is 13.0. The SMILES string of the molecule is CCNC(=O)CN1CCCN(C(=O)/C=C/c2ccc(NC(C)=O)cc2)CC1. The fourth-order valence-corrected chi connectivity index (χ4v) is 2.96. The highest BCUT2D eigenvalue weighted by molar-refractivity contribution is 5.92. The van der Waals surface area contributed by atoms with Gasteiger partial charge in [0.25, 0.3) is 0 Å². The topological polar surface area (TPSA) is 81.8 Å². The Morgan fingerprint density at radius 1 is 1.07 bits per heavy atom. The standard InChI is InChI=1S/C20H28N4O3/c1-3-21-19(26)15-23-11-4-12-24(14-13-23)20(27)10-7-17-5-8-18(9-6-17)22-16(2)25/h5-10H,3-4,11-15H2,1-2H3,(H,21,26)(H,22,25)/b10-7+. The van der Waals surface area contributed by atoms with Gasteiger partial charge in [0.1, 0.15) is 0 Å². The van der Waals surface area contributed by atoms with Crippen molar-refractivity contribution in [2.45, 2.75) is 20.3 Å². The summed E-state index contributed by atoms with van der Waals surface area (Å²) >= 11 is 0. The average molecular weight is 372 g/mol. The van der Waals surface area contributed by atoms with E-state index in [0.29, 0.717) is 32.7 Å².